The van der Waals surface area contributed by atoms with Crippen LogP contribution in [-0.2, 0) is 13.0 Å². The van der Waals surface area contributed by atoms with E-state index in [1.54, 1.807) is 11.3 Å². The number of aryl methyl sites for hydroxylation is 3. The molecule has 1 aliphatic heterocycles. The van der Waals surface area contributed by atoms with Gasteiger partial charge in [-0.05, 0) is 105 Å². The number of carbonyl (C=O) groups excluding carboxylic acids is 1. The summed E-state index contributed by atoms with van der Waals surface area (Å²) < 4.78 is 0. The highest BCUT2D eigenvalue weighted by Crippen LogP contribution is 2.26. The van der Waals surface area contributed by atoms with Gasteiger partial charge in [-0.15, -0.1) is 0 Å². The summed E-state index contributed by atoms with van der Waals surface area (Å²) >= 11 is 1.79. The number of unbranched alkanes of at least 4 members (excludes halogenated alkanes) is 2. The molecule has 1 aromatic carbocycles. The Morgan fingerprint density at radius 1 is 1.07 bits per heavy atom. The summed E-state index contributed by atoms with van der Waals surface area (Å²) in [7, 11) is 2.20. The zero-order valence-corrected chi connectivity index (χ0v) is 17.8. The van der Waals surface area contributed by atoms with E-state index in [9.17, 15) is 4.79 Å². The van der Waals surface area contributed by atoms with Crippen LogP contribution in [0.3, 0.4) is 0 Å². The van der Waals surface area contributed by atoms with E-state index in [-0.39, 0.29) is 5.91 Å². The molecule has 1 amide bonds. The van der Waals surface area contributed by atoms with Crippen molar-refractivity contribution in [2.24, 2.45) is 0 Å². The summed E-state index contributed by atoms with van der Waals surface area (Å²) in [5, 5.41) is 4.42. The monoisotopic (exact) mass is 384 g/mol. The lowest BCUT2D eigenvalue weighted by Gasteiger charge is -2.20. The summed E-state index contributed by atoms with van der Waals surface area (Å²) in [6.07, 6.45) is 6.09. The molecular weight excluding hydrogens is 352 g/mol. The topological polar surface area (TPSA) is 23.6 Å². The van der Waals surface area contributed by atoms with Gasteiger partial charge in [0.1, 0.15) is 0 Å². The molecule has 2 aromatic rings. The summed E-state index contributed by atoms with van der Waals surface area (Å²) in [6.45, 7) is 8.05. The molecule has 0 saturated heterocycles. The third-order valence-electron chi connectivity index (χ3n) is 5.65. The van der Waals surface area contributed by atoms with Crippen LogP contribution in [0.1, 0.15) is 58.3 Å². The highest BCUT2D eigenvalue weighted by molar-refractivity contribution is 7.07. The predicted molar refractivity (Wildman–Crippen MR) is 115 cm³/mol. The van der Waals surface area contributed by atoms with Crippen LogP contribution >= 0.6 is 11.3 Å². The third kappa shape index (κ3) is 5.43. The molecule has 4 heteroatoms. The minimum Gasteiger partial charge on any atom is -0.334 e. The molecule has 1 aliphatic rings. The van der Waals surface area contributed by atoms with Crippen LogP contribution in [0, 0.1) is 13.8 Å². The van der Waals surface area contributed by atoms with Gasteiger partial charge in [0.25, 0.3) is 5.91 Å². The molecule has 0 radical (unpaired) electrons. The van der Waals surface area contributed by atoms with Crippen LogP contribution in [0.5, 0.6) is 0 Å². The summed E-state index contributed by atoms with van der Waals surface area (Å²) in [4.78, 5) is 17.0. The summed E-state index contributed by atoms with van der Waals surface area (Å²) in [5.74, 6) is 0.212. The van der Waals surface area contributed by atoms with Crippen LogP contribution < -0.4 is 0 Å². The van der Waals surface area contributed by atoms with E-state index in [4.69, 9.17) is 0 Å². The third-order valence-corrected chi connectivity index (χ3v) is 6.38. The molecule has 146 valence electrons. The maximum atomic E-state index is 12.6. The fraction of sp³-hybridized carbons (Fsp3) is 0.522. The molecule has 0 bridgehead atoms. The van der Waals surface area contributed by atoms with E-state index in [0.717, 1.165) is 38.2 Å². The van der Waals surface area contributed by atoms with Crippen LogP contribution in [0.25, 0.3) is 0 Å². The molecule has 0 N–H and O–H groups in total. The Bertz CT molecular complexity index is 754. The lowest BCUT2D eigenvalue weighted by atomic mass is 10.0. The quantitative estimate of drug-likeness (QED) is 0.535. The normalized spacial score (nSPS) is 13.6. The van der Waals surface area contributed by atoms with Gasteiger partial charge in [-0.2, -0.15) is 11.3 Å². The van der Waals surface area contributed by atoms with E-state index < -0.39 is 0 Å². The van der Waals surface area contributed by atoms with Crippen molar-refractivity contribution in [1.29, 1.82) is 0 Å². The minimum atomic E-state index is 0.212. The van der Waals surface area contributed by atoms with Crippen molar-refractivity contribution < 1.29 is 4.79 Å². The Balaban J connectivity index is 1.31. The molecule has 27 heavy (non-hydrogen) atoms. The standard InChI is InChI=1S/C23H32N2OS/c1-18-14-21-16-25(23(26)22(21)15-19(18)2)12-7-11-24(3)10-6-4-5-8-20-9-13-27-17-20/h9,13-15,17H,4-8,10-12,16H2,1-3H3. The lowest BCUT2D eigenvalue weighted by Crippen LogP contribution is -2.29. The highest BCUT2D eigenvalue weighted by Gasteiger charge is 2.27. The molecular formula is C23H32N2OS. The largest absolute Gasteiger partial charge is 0.334 e. The van der Waals surface area contributed by atoms with Crippen molar-refractivity contribution in [3.63, 3.8) is 0 Å². The van der Waals surface area contributed by atoms with Crippen molar-refractivity contribution >= 4 is 17.2 Å². The molecule has 3 nitrogen and oxygen atoms in total. The second kappa shape index (κ2) is 9.52. The number of thiophene rings is 1. The number of carbonyl (C=O) groups is 1. The maximum absolute atomic E-state index is 12.6. The minimum absolute atomic E-state index is 0.212. The Morgan fingerprint density at radius 2 is 1.85 bits per heavy atom. The fourth-order valence-corrected chi connectivity index (χ4v) is 4.50. The zero-order valence-electron chi connectivity index (χ0n) is 17.0. The Hall–Kier alpha value is -1.65. The zero-order chi connectivity index (χ0) is 19.2. The van der Waals surface area contributed by atoms with E-state index in [1.165, 1.54) is 47.9 Å². The van der Waals surface area contributed by atoms with Crippen molar-refractivity contribution in [3.05, 3.63) is 56.8 Å². The van der Waals surface area contributed by atoms with E-state index >= 15 is 0 Å². The van der Waals surface area contributed by atoms with E-state index in [2.05, 4.69) is 54.8 Å². The second-order valence-corrected chi connectivity index (χ2v) is 8.70. The predicted octanol–water partition coefficient (Wildman–Crippen LogP) is 5.06. The van der Waals surface area contributed by atoms with Gasteiger partial charge < -0.3 is 9.80 Å². The average molecular weight is 385 g/mol. The average Bonchev–Trinajstić information content (AvgIpc) is 3.25. The first kappa shape index (κ1) is 20.1. The molecule has 0 unspecified atom stereocenters. The van der Waals surface area contributed by atoms with Crippen molar-refractivity contribution in [1.82, 2.24) is 9.80 Å². The summed E-state index contributed by atoms with van der Waals surface area (Å²) in [6, 6.07) is 6.48. The fourth-order valence-electron chi connectivity index (χ4n) is 3.80. The number of amides is 1. The first-order valence-electron chi connectivity index (χ1n) is 10.1. The van der Waals surface area contributed by atoms with E-state index in [1.807, 2.05) is 4.90 Å². The van der Waals surface area contributed by atoms with Gasteiger partial charge in [-0.1, -0.05) is 12.5 Å². The number of hydrogen-bond acceptors (Lipinski definition) is 3. The number of rotatable bonds is 10. The molecule has 1 aromatic heterocycles. The van der Waals surface area contributed by atoms with Crippen LogP contribution in [0.4, 0.5) is 0 Å². The van der Waals surface area contributed by atoms with Crippen molar-refractivity contribution in [3.8, 4) is 0 Å². The van der Waals surface area contributed by atoms with Gasteiger partial charge in [-0.25, -0.2) is 0 Å². The van der Waals surface area contributed by atoms with Gasteiger partial charge in [0.05, 0.1) is 0 Å². The number of nitrogens with zero attached hydrogens (tertiary/aromatic N) is 2. The van der Waals surface area contributed by atoms with Gasteiger partial charge in [0.2, 0.25) is 0 Å². The molecule has 0 saturated carbocycles. The Morgan fingerprint density at radius 3 is 2.63 bits per heavy atom. The van der Waals surface area contributed by atoms with Crippen molar-refractivity contribution in [2.45, 2.75) is 52.5 Å². The lowest BCUT2D eigenvalue weighted by molar-refractivity contribution is 0.0772. The molecule has 2 heterocycles. The Kier molecular flexibility index (Phi) is 7.08. The smallest absolute Gasteiger partial charge is 0.254 e. The summed E-state index contributed by atoms with van der Waals surface area (Å²) in [5.41, 5.74) is 6.08. The van der Waals surface area contributed by atoms with Gasteiger partial charge in [0, 0.05) is 18.7 Å². The molecule has 0 atom stereocenters. The SMILES string of the molecule is Cc1cc2c(cc1C)C(=O)N(CCCN(C)CCCCCc1ccsc1)C2. The molecule has 0 spiro atoms. The Labute approximate surface area is 168 Å². The van der Waals surface area contributed by atoms with Crippen molar-refractivity contribution in [2.75, 3.05) is 26.7 Å². The molecule has 0 aliphatic carbocycles. The van der Waals surface area contributed by atoms with Gasteiger partial charge in [-0.3, -0.25) is 4.79 Å². The van der Waals surface area contributed by atoms with E-state index in [0.29, 0.717) is 0 Å². The first-order chi connectivity index (χ1) is 13.0. The first-order valence-corrected chi connectivity index (χ1v) is 11.1. The van der Waals surface area contributed by atoms with Gasteiger partial charge >= 0.3 is 0 Å². The molecule has 0 fully saturated rings. The number of fused-ring (bicyclic) bond motifs is 1. The van der Waals surface area contributed by atoms with Gasteiger partial charge in [0.15, 0.2) is 0 Å². The maximum Gasteiger partial charge on any atom is 0.254 e. The second-order valence-electron chi connectivity index (χ2n) is 7.92. The molecule has 3 rings (SSSR count). The number of hydrogen-bond donors (Lipinski definition) is 0. The van der Waals surface area contributed by atoms with Crippen LogP contribution in [0.15, 0.2) is 29.0 Å². The highest BCUT2D eigenvalue weighted by atomic mass is 32.1. The van der Waals surface area contributed by atoms with Crippen LogP contribution in [-0.4, -0.2) is 42.4 Å². The van der Waals surface area contributed by atoms with Crippen LogP contribution in [0.2, 0.25) is 0 Å². The number of benzene rings is 1.